The predicted molar refractivity (Wildman–Crippen MR) is 87.2 cm³/mol. The van der Waals surface area contributed by atoms with Gasteiger partial charge >= 0.3 is 0 Å². The number of nitrogens with zero attached hydrogens (tertiary/aromatic N) is 1. The number of aliphatic hydroxyl groups is 1. The van der Waals surface area contributed by atoms with Crippen LogP contribution in [0, 0.1) is 17.3 Å². The number of amides is 2. The average molecular weight is 312 g/mol. The topological polar surface area (TPSA) is 69.6 Å². The maximum absolute atomic E-state index is 12.2. The van der Waals surface area contributed by atoms with Crippen LogP contribution >= 0.6 is 0 Å². The summed E-state index contributed by atoms with van der Waals surface area (Å²) in [7, 11) is 0. The number of hydrogen-bond donors (Lipinski definition) is 2. The van der Waals surface area contributed by atoms with Crippen LogP contribution in [-0.2, 0) is 9.59 Å². The lowest BCUT2D eigenvalue weighted by Crippen LogP contribution is -2.49. The van der Waals surface area contributed by atoms with Crippen LogP contribution in [0.25, 0.3) is 0 Å². The van der Waals surface area contributed by atoms with E-state index in [2.05, 4.69) is 5.32 Å². The monoisotopic (exact) mass is 312 g/mol. The normalized spacial score (nSPS) is 19.9. The highest BCUT2D eigenvalue weighted by Crippen LogP contribution is 2.24. The van der Waals surface area contributed by atoms with Gasteiger partial charge in [-0.1, -0.05) is 34.6 Å². The van der Waals surface area contributed by atoms with Crippen LogP contribution < -0.4 is 5.32 Å². The Morgan fingerprint density at radius 1 is 1.18 bits per heavy atom. The summed E-state index contributed by atoms with van der Waals surface area (Å²) >= 11 is 0. The molecule has 22 heavy (non-hydrogen) atoms. The molecule has 1 aliphatic heterocycles. The molecule has 0 spiro atoms. The Morgan fingerprint density at radius 2 is 1.68 bits per heavy atom. The smallest absolute Gasteiger partial charge is 0.227 e. The quantitative estimate of drug-likeness (QED) is 0.831. The van der Waals surface area contributed by atoms with E-state index >= 15 is 0 Å². The van der Waals surface area contributed by atoms with Gasteiger partial charge in [-0.05, 0) is 25.7 Å². The molecule has 1 heterocycles. The second-order valence-electron chi connectivity index (χ2n) is 8.05. The van der Waals surface area contributed by atoms with Crippen LogP contribution in [0.15, 0.2) is 0 Å². The Bertz CT molecular complexity index is 403. The van der Waals surface area contributed by atoms with Crippen molar-refractivity contribution in [3.63, 3.8) is 0 Å². The van der Waals surface area contributed by atoms with Gasteiger partial charge in [0.05, 0.1) is 5.60 Å². The first-order valence-corrected chi connectivity index (χ1v) is 8.24. The molecule has 0 aromatic rings. The summed E-state index contributed by atoms with van der Waals surface area (Å²) in [5.74, 6) is 0.156. The molecule has 1 unspecified atom stereocenters. The molecule has 1 aliphatic rings. The molecule has 1 saturated heterocycles. The summed E-state index contributed by atoms with van der Waals surface area (Å²) in [6.45, 7) is 12.9. The van der Waals surface area contributed by atoms with Crippen LogP contribution in [0.5, 0.6) is 0 Å². The minimum Gasteiger partial charge on any atom is -0.388 e. The van der Waals surface area contributed by atoms with Gasteiger partial charge in [-0.3, -0.25) is 9.59 Å². The highest BCUT2D eigenvalue weighted by atomic mass is 16.3. The van der Waals surface area contributed by atoms with Crippen molar-refractivity contribution in [1.29, 1.82) is 0 Å². The molecule has 0 radical (unpaired) electrons. The SMILES string of the molecule is CC(C)C(C)(O)CNC(=O)C1CCN(C(=O)C(C)(C)C)CC1. The van der Waals surface area contributed by atoms with Crippen molar-refractivity contribution in [3.8, 4) is 0 Å². The molecule has 128 valence electrons. The van der Waals surface area contributed by atoms with Gasteiger partial charge in [0.1, 0.15) is 0 Å². The van der Waals surface area contributed by atoms with Crippen molar-refractivity contribution in [2.75, 3.05) is 19.6 Å². The van der Waals surface area contributed by atoms with Crippen LogP contribution in [0.3, 0.4) is 0 Å². The van der Waals surface area contributed by atoms with E-state index < -0.39 is 5.60 Å². The zero-order chi connectivity index (χ0) is 17.1. The summed E-state index contributed by atoms with van der Waals surface area (Å²) in [5, 5.41) is 13.0. The Balaban J connectivity index is 2.45. The highest BCUT2D eigenvalue weighted by molar-refractivity contribution is 5.82. The summed E-state index contributed by atoms with van der Waals surface area (Å²) in [5.41, 5.74) is -1.26. The van der Waals surface area contributed by atoms with Crippen molar-refractivity contribution in [3.05, 3.63) is 0 Å². The molecule has 2 amide bonds. The Morgan fingerprint density at radius 3 is 2.09 bits per heavy atom. The standard InChI is InChI=1S/C17H32N2O3/c1-12(2)17(6,22)11-18-14(20)13-7-9-19(10-8-13)15(21)16(3,4)5/h12-13,22H,7-11H2,1-6H3,(H,18,20). The lowest BCUT2D eigenvalue weighted by atomic mass is 9.90. The molecule has 0 saturated carbocycles. The van der Waals surface area contributed by atoms with Gasteiger partial charge in [-0.25, -0.2) is 0 Å². The number of piperidine rings is 1. The third-order valence-corrected chi connectivity index (χ3v) is 4.66. The van der Waals surface area contributed by atoms with Crippen LogP contribution in [0.1, 0.15) is 54.4 Å². The molecule has 0 aliphatic carbocycles. The van der Waals surface area contributed by atoms with Gasteiger partial charge < -0.3 is 15.3 Å². The Hall–Kier alpha value is -1.10. The average Bonchev–Trinajstić information content (AvgIpc) is 2.43. The van der Waals surface area contributed by atoms with E-state index in [-0.39, 0.29) is 35.6 Å². The Labute approximate surface area is 134 Å². The molecule has 5 nitrogen and oxygen atoms in total. The molecule has 1 atom stereocenters. The van der Waals surface area contributed by atoms with Crippen LogP contribution in [-0.4, -0.2) is 47.1 Å². The number of hydrogen-bond acceptors (Lipinski definition) is 3. The summed E-state index contributed by atoms with van der Waals surface area (Å²) in [4.78, 5) is 26.3. The van der Waals surface area contributed by atoms with E-state index in [4.69, 9.17) is 0 Å². The summed E-state index contributed by atoms with van der Waals surface area (Å²) < 4.78 is 0. The lowest BCUT2D eigenvalue weighted by molar-refractivity contribution is -0.142. The number of likely N-dealkylation sites (tertiary alicyclic amines) is 1. The van der Waals surface area contributed by atoms with Crippen molar-refractivity contribution in [2.45, 2.75) is 60.0 Å². The molecule has 2 N–H and O–H groups in total. The first-order valence-electron chi connectivity index (χ1n) is 8.24. The molecule has 1 fully saturated rings. The number of carbonyl (C=O) groups excluding carboxylic acids is 2. The third-order valence-electron chi connectivity index (χ3n) is 4.66. The largest absolute Gasteiger partial charge is 0.388 e. The minimum atomic E-state index is -0.890. The molecule has 5 heteroatoms. The Kier molecular flexibility index (Phi) is 6.02. The van der Waals surface area contributed by atoms with Crippen molar-refractivity contribution in [2.24, 2.45) is 17.3 Å². The van der Waals surface area contributed by atoms with E-state index in [1.54, 1.807) is 6.92 Å². The van der Waals surface area contributed by atoms with Crippen LogP contribution in [0.2, 0.25) is 0 Å². The maximum Gasteiger partial charge on any atom is 0.227 e. The zero-order valence-corrected chi connectivity index (χ0v) is 14.9. The first kappa shape index (κ1) is 18.9. The van der Waals surface area contributed by atoms with Crippen molar-refractivity contribution >= 4 is 11.8 Å². The lowest BCUT2D eigenvalue weighted by Gasteiger charge is -2.35. The van der Waals surface area contributed by atoms with E-state index in [1.807, 2.05) is 39.5 Å². The maximum atomic E-state index is 12.2. The highest BCUT2D eigenvalue weighted by Gasteiger charge is 2.33. The van der Waals surface area contributed by atoms with Gasteiger partial charge in [0.2, 0.25) is 11.8 Å². The van der Waals surface area contributed by atoms with E-state index in [9.17, 15) is 14.7 Å². The fraction of sp³-hybridized carbons (Fsp3) is 0.882. The molecular formula is C17H32N2O3. The van der Waals surface area contributed by atoms with Gasteiger partial charge in [0.25, 0.3) is 0 Å². The molecular weight excluding hydrogens is 280 g/mol. The van der Waals surface area contributed by atoms with Gasteiger partial charge in [-0.15, -0.1) is 0 Å². The minimum absolute atomic E-state index is 0.0104. The fourth-order valence-electron chi connectivity index (χ4n) is 2.43. The second-order valence-corrected chi connectivity index (χ2v) is 8.05. The summed E-state index contributed by atoms with van der Waals surface area (Å²) in [6, 6.07) is 0. The second kappa shape index (κ2) is 6.99. The van der Waals surface area contributed by atoms with E-state index in [0.717, 1.165) is 0 Å². The number of nitrogens with one attached hydrogen (secondary N) is 1. The first-order chi connectivity index (χ1) is 9.95. The number of carbonyl (C=O) groups is 2. The molecule has 0 aromatic carbocycles. The van der Waals surface area contributed by atoms with E-state index in [0.29, 0.717) is 25.9 Å². The number of rotatable bonds is 4. The summed E-state index contributed by atoms with van der Waals surface area (Å²) in [6.07, 6.45) is 1.38. The van der Waals surface area contributed by atoms with Gasteiger partial charge in [0.15, 0.2) is 0 Å². The predicted octanol–water partition coefficient (Wildman–Crippen LogP) is 1.79. The van der Waals surface area contributed by atoms with Crippen molar-refractivity contribution < 1.29 is 14.7 Å². The fourth-order valence-corrected chi connectivity index (χ4v) is 2.43. The molecule has 0 bridgehead atoms. The van der Waals surface area contributed by atoms with Gasteiger partial charge in [-0.2, -0.15) is 0 Å². The zero-order valence-electron chi connectivity index (χ0n) is 14.9. The van der Waals surface area contributed by atoms with Gasteiger partial charge in [0, 0.05) is 31.0 Å². The molecule has 0 aromatic heterocycles. The van der Waals surface area contributed by atoms with Crippen LogP contribution in [0.4, 0.5) is 0 Å². The third kappa shape index (κ3) is 4.97. The van der Waals surface area contributed by atoms with Crippen molar-refractivity contribution in [1.82, 2.24) is 10.2 Å². The molecule has 1 rings (SSSR count). The van der Waals surface area contributed by atoms with E-state index in [1.165, 1.54) is 0 Å².